The Kier molecular flexibility index (Phi) is 4.20. The first kappa shape index (κ1) is 13.6. The van der Waals surface area contributed by atoms with Crippen LogP contribution in [0.5, 0.6) is 0 Å². The van der Waals surface area contributed by atoms with E-state index in [4.69, 9.17) is 5.73 Å². The number of hydrogen-bond donors (Lipinski definition) is 2. The summed E-state index contributed by atoms with van der Waals surface area (Å²) in [5, 5.41) is 4.52. The van der Waals surface area contributed by atoms with Gasteiger partial charge in [-0.05, 0) is 25.0 Å². The van der Waals surface area contributed by atoms with Gasteiger partial charge in [0.25, 0.3) is 0 Å². The monoisotopic (exact) mass is 258 g/mol. The van der Waals surface area contributed by atoms with Crippen LogP contribution in [0.15, 0.2) is 24.3 Å². The Morgan fingerprint density at radius 1 is 1.16 bits per heavy atom. The highest BCUT2D eigenvalue weighted by Gasteiger charge is 2.15. The average molecular weight is 258 g/mol. The molecule has 4 nitrogen and oxygen atoms in total. The number of fused-ring (bicyclic) bond motifs is 1. The Labute approximate surface area is 114 Å². The second kappa shape index (κ2) is 5.87. The second-order valence-corrected chi connectivity index (χ2v) is 4.96. The maximum Gasteiger partial charge on any atom is 0.222 e. The maximum absolute atomic E-state index is 5.78. The number of hydrogen-bond acceptors (Lipinski definition) is 4. The van der Waals surface area contributed by atoms with Crippen molar-refractivity contribution in [1.82, 2.24) is 9.97 Å². The molecule has 0 spiro atoms. The van der Waals surface area contributed by atoms with E-state index in [1.54, 1.807) is 0 Å². The van der Waals surface area contributed by atoms with Gasteiger partial charge < -0.3 is 11.1 Å². The van der Waals surface area contributed by atoms with E-state index in [9.17, 15) is 0 Å². The molecule has 0 saturated heterocycles. The molecular weight excluding hydrogens is 236 g/mol. The van der Waals surface area contributed by atoms with Gasteiger partial charge in [-0.2, -0.15) is 4.98 Å². The van der Waals surface area contributed by atoms with Gasteiger partial charge in [0.2, 0.25) is 5.95 Å². The van der Waals surface area contributed by atoms with Crippen LogP contribution in [0.3, 0.4) is 0 Å². The number of nitrogens with zero attached hydrogens (tertiary/aromatic N) is 2. The highest BCUT2D eigenvalue weighted by Crippen LogP contribution is 2.24. The van der Waals surface area contributed by atoms with Crippen LogP contribution >= 0.6 is 0 Å². The molecular formula is C15H22N4. The van der Waals surface area contributed by atoms with Gasteiger partial charge in [-0.3, -0.25) is 0 Å². The van der Waals surface area contributed by atoms with E-state index < -0.39 is 0 Å². The zero-order valence-corrected chi connectivity index (χ0v) is 11.9. The van der Waals surface area contributed by atoms with E-state index in [0.29, 0.717) is 17.9 Å². The van der Waals surface area contributed by atoms with Crippen LogP contribution in [0.2, 0.25) is 0 Å². The molecule has 1 aromatic carbocycles. The summed E-state index contributed by atoms with van der Waals surface area (Å²) in [5.74, 6) is 1.79. The summed E-state index contributed by atoms with van der Waals surface area (Å²) in [5.41, 5.74) is 6.66. The third kappa shape index (κ3) is 2.95. The molecule has 0 aliphatic carbocycles. The largest absolute Gasteiger partial charge is 0.368 e. The molecule has 1 atom stereocenters. The van der Waals surface area contributed by atoms with E-state index in [1.807, 2.05) is 24.3 Å². The van der Waals surface area contributed by atoms with Crippen molar-refractivity contribution in [3.8, 4) is 0 Å². The number of nitrogen functional groups attached to an aromatic ring is 1. The fraction of sp³-hybridized carbons (Fsp3) is 0.467. The molecule has 2 rings (SSSR count). The van der Waals surface area contributed by atoms with Gasteiger partial charge in [-0.15, -0.1) is 0 Å². The van der Waals surface area contributed by atoms with Gasteiger partial charge in [-0.1, -0.05) is 38.8 Å². The molecule has 0 saturated carbocycles. The number of benzene rings is 1. The molecule has 0 aliphatic rings. The van der Waals surface area contributed by atoms with E-state index in [1.165, 1.54) is 0 Å². The minimum atomic E-state index is 0.318. The average Bonchev–Trinajstić information content (AvgIpc) is 2.40. The van der Waals surface area contributed by atoms with Crippen LogP contribution in [0.25, 0.3) is 10.9 Å². The zero-order chi connectivity index (χ0) is 13.8. The van der Waals surface area contributed by atoms with Crippen molar-refractivity contribution in [2.75, 3.05) is 11.1 Å². The Hall–Kier alpha value is -1.84. The molecule has 0 fully saturated rings. The Bertz CT molecular complexity index is 549. The number of rotatable bonds is 5. The number of nitrogens with two attached hydrogens (primary N) is 1. The maximum atomic E-state index is 5.78. The Morgan fingerprint density at radius 3 is 2.53 bits per heavy atom. The zero-order valence-electron chi connectivity index (χ0n) is 11.9. The molecule has 0 bridgehead atoms. The molecule has 1 heterocycles. The Balaban J connectivity index is 2.34. The minimum absolute atomic E-state index is 0.318. The lowest BCUT2D eigenvalue weighted by molar-refractivity contribution is 0.437. The highest BCUT2D eigenvalue weighted by atomic mass is 15.1. The van der Waals surface area contributed by atoms with Crippen LogP contribution < -0.4 is 11.1 Å². The van der Waals surface area contributed by atoms with Gasteiger partial charge in [0, 0.05) is 11.4 Å². The molecule has 3 N–H and O–H groups in total. The summed E-state index contributed by atoms with van der Waals surface area (Å²) in [6.07, 6.45) is 2.31. The van der Waals surface area contributed by atoms with Crippen molar-refractivity contribution >= 4 is 22.7 Å². The van der Waals surface area contributed by atoms with Crippen LogP contribution in [0.4, 0.5) is 11.8 Å². The summed E-state index contributed by atoms with van der Waals surface area (Å²) in [4.78, 5) is 8.60. The number of para-hydroxylation sites is 1. The molecule has 2 aromatic rings. The lowest BCUT2D eigenvalue weighted by Gasteiger charge is -2.23. The van der Waals surface area contributed by atoms with Crippen molar-refractivity contribution in [3.05, 3.63) is 24.3 Å². The predicted octanol–water partition coefficient (Wildman–Crippen LogP) is 3.45. The highest BCUT2D eigenvalue weighted by molar-refractivity contribution is 5.89. The van der Waals surface area contributed by atoms with Gasteiger partial charge in [-0.25, -0.2) is 4.98 Å². The fourth-order valence-electron chi connectivity index (χ4n) is 2.53. The predicted molar refractivity (Wildman–Crippen MR) is 81.1 cm³/mol. The first-order valence-corrected chi connectivity index (χ1v) is 6.94. The summed E-state index contributed by atoms with van der Waals surface area (Å²) >= 11 is 0. The lowest BCUT2D eigenvalue weighted by Crippen LogP contribution is -2.25. The molecule has 1 aromatic heterocycles. The van der Waals surface area contributed by atoms with Crippen LogP contribution in [-0.2, 0) is 0 Å². The van der Waals surface area contributed by atoms with Crippen molar-refractivity contribution < 1.29 is 0 Å². The van der Waals surface area contributed by atoms with Gasteiger partial charge in [0.1, 0.15) is 5.82 Å². The summed E-state index contributed by atoms with van der Waals surface area (Å²) in [6.45, 7) is 6.64. The van der Waals surface area contributed by atoms with Crippen molar-refractivity contribution in [2.45, 2.75) is 39.7 Å². The van der Waals surface area contributed by atoms with Crippen molar-refractivity contribution in [2.24, 2.45) is 5.92 Å². The van der Waals surface area contributed by atoms with Crippen LogP contribution in [0, 0.1) is 5.92 Å². The van der Waals surface area contributed by atoms with E-state index in [0.717, 1.165) is 29.6 Å². The normalized spacial score (nSPS) is 12.8. The molecule has 19 heavy (non-hydrogen) atoms. The fourth-order valence-corrected chi connectivity index (χ4v) is 2.53. The summed E-state index contributed by atoms with van der Waals surface area (Å²) < 4.78 is 0. The molecule has 0 amide bonds. The SMILES string of the molecule is CCC(CC)C(C)Nc1nc(N)nc2ccccc12. The molecule has 0 aliphatic heterocycles. The first-order valence-electron chi connectivity index (χ1n) is 6.94. The van der Waals surface area contributed by atoms with Gasteiger partial charge in [0.15, 0.2) is 0 Å². The minimum Gasteiger partial charge on any atom is -0.368 e. The van der Waals surface area contributed by atoms with Crippen LogP contribution in [-0.4, -0.2) is 16.0 Å². The quantitative estimate of drug-likeness (QED) is 0.862. The third-order valence-electron chi connectivity index (χ3n) is 3.74. The van der Waals surface area contributed by atoms with Gasteiger partial charge in [0.05, 0.1) is 5.52 Å². The third-order valence-corrected chi connectivity index (χ3v) is 3.74. The topological polar surface area (TPSA) is 63.8 Å². The second-order valence-electron chi connectivity index (χ2n) is 4.96. The summed E-state index contributed by atoms with van der Waals surface area (Å²) in [7, 11) is 0. The van der Waals surface area contributed by atoms with Crippen LogP contribution in [0.1, 0.15) is 33.6 Å². The molecule has 0 radical (unpaired) electrons. The number of aromatic nitrogens is 2. The Morgan fingerprint density at radius 2 is 1.84 bits per heavy atom. The molecule has 1 unspecified atom stereocenters. The van der Waals surface area contributed by atoms with E-state index >= 15 is 0 Å². The molecule has 102 valence electrons. The van der Waals surface area contributed by atoms with Crippen molar-refractivity contribution in [3.63, 3.8) is 0 Å². The van der Waals surface area contributed by atoms with E-state index in [-0.39, 0.29) is 0 Å². The van der Waals surface area contributed by atoms with Gasteiger partial charge >= 0.3 is 0 Å². The van der Waals surface area contributed by atoms with Crippen molar-refractivity contribution in [1.29, 1.82) is 0 Å². The number of anilines is 2. The van der Waals surface area contributed by atoms with E-state index in [2.05, 4.69) is 36.1 Å². The standard InChI is InChI=1S/C15H22N4/c1-4-11(5-2)10(3)17-14-12-8-6-7-9-13(12)18-15(16)19-14/h6-11H,4-5H2,1-3H3,(H3,16,17,18,19). The summed E-state index contributed by atoms with van der Waals surface area (Å²) in [6, 6.07) is 8.31. The smallest absolute Gasteiger partial charge is 0.222 e. The molecule has 4 heteroatoms. The number of nitrogens with one attached hydrogen (secondary N) is 1. The first-order chi connectivity index (χ1) is 9.15. The lowest BCUT2D eigenvalue weighted by atomic mass is 9.95.